The topological polar surface area (TPSA) is 75.2 Å². The maximum Gasteiger partial charge on any atom is 0.254 e. The molecule has 1 fully saturated rings. The fourth-order valence-electron chi connectivity index (χ4n) is 3.50. The van der Waals surface area contributed by atoms with E-state index < -0.39 is 0 Å². The molecule has 6 heteroatoms. The van der Waals surface area contributed by atoms with E-state index in [-0.39, 0.29) is 17.9 Å². The summed E-state index contributed by atoms with van der Waals surface area (Å²) in [6.07, 6.45) is 11.2. The third kappa shape index (κ3) is 5.80. The first-order valence-corrected chi connectivity index (χ1v) is 9.48. The van der Waals surface area contributed by atoms with Crippen LogP contribution in [0.3, 0.4) is 0 Å². The van der Waals surface area contributed by atoms with Crippen LogP contribution in [0.5, 0.6) is 0 Å². The second kappa shape index (κ2) is 10.1. The van der Waals surface area contributed by atoms with Crippen LogP contribution in [0.2, 0.25) is 0 Å². The second-order valence-electron chi connectivity index (χ2n) is 6.78. The zero-order valence-electron chi connectivity index (χ0n) is 15.4. The molecule has 2 amide bonds. The van der Waals surface area contributed by atoms with Gasteiger partial charge in [0.1, 0.15) is 6.33 Å². The van der Waals surface area contributed by atoms with Crippen molar-refractivity contribution >= 4 is 11.8 Å². The molecule has 1 aromatic rings. The molecule has 1 aliphatic rings. The summed E-state index contributed by atoms with van der Waals surface area (Å²) in [5, 5.41) is 2.90. The summed E-state index contributed by atoms with van der Waals surface area (Å²) in [4.78, 5) is 34.3. The maximum atomic E-state index is 12.5. The summed E-state index contributed by atoms with van der Waals surface area (Å²) in [6, 6.07) is 0.251. The number of carbonyl (C=O) groups is 2. The van der Waals surface area contributed by atoms with E-state index in [2.05, 4.69) is 29.1 Å². The summed E-state index contributed by atoms with van der Waals surface area (Å²) in [6.45, 7) is 5.80. The van der Waals surface area contributed by atoms with Crippen LogP contribution in [0, 0.1) is 5.92 Å². The first kappa shape index (κ1) is 19.3. The Balaban J connectivity index is 1.75. The molecule has 0 unspecified atom stereocenters. The van der Waals surface area contributed by atoms with E-state index in [1.54, 1.807) is 0 Å². The van der Waals surface area contributed by atoms with Gasteiger partial charge in [0.05, 0.1) is 5.56 Å². The van der Waals surface area contributed by atoms with Crippen molar-refractivity contribution in [3.05, 3.63) is 24.3 Å². The third-order valence-electron chi connectivity index (χ3n) is 5.20. The van der Waals surface area contributed by atoms with Crippen LogP contribution in [0.25, 0.3) is 0 Å². The van der Waals surface area contributed by atoms with Crippen molar-refractivity contribution in [2.24, 2.45) is 5.92 Å². The number of amides is 2. The highest BCUT2D eigenvalue weighted by Crippen LogP contribution is 2.23. The molecule has 0 aromatic carbocycles. The van der Waals surface area contributed by atoms with E-state index in [1.807, 2.05) is 4.90 Å². The molecule has 2 rings (SSSR count). The number of aromatic nitrogens is 2. The summed E-state index contributed by atoms with van der Waals surface area (Å²) in [5.41, 5.74) is 0.465. The minimum Gasteiger partial charge on any atom is -0.352 e. The Bertz CT molecular complexity index is 546. The highest BCUT2D eigenvalue weighted by molar-refractivity contribution is 5.93. The van der Waals surface area contributed by atoms with E-state index in [4.69, 9.17) is 0 Å². The smallest absolute Gasteiger partial charge is 0.254 e. The second-order valence-corrected chi connectivity index (χ2v) is 6.78. The van der Waals surface area contributed by atoms with Crippen molar-refractivity contribution in [2.75, 3.05) is 13.1 Å². The number of nitrogens with zero attached hydrogens (tertiary/aromatic N) is 3. The molecule has 1 aromatic heterocycles. The first-order valence-electron chi connectivity index (χ1n) is 9.48. The largest absolute Gasteiger partial charge is 0.352 e. The Morgan fingerprint density at radius 3 is 2.68 bits per heavy atom. The van der Waals surface area contributed by atoms with Crippen LogP contribution in [-0.4, -0.2) is 45.8 Å². The van der Waals surface area contributed by atoms with E-state index >= 15 is 0 Å². The van der Waals surface area contributed by atoms with Gasteiger partial charge in [0.15, 0.2) is 0 Å². The Morgan fingerprint density at radius 2 is 2.00 bits per heavy atom. The van der Waals surface area contributed by atoms with Crippen molar-refractivity contribution < 1.29 is 9.59 Å². The van der Waals surface area contributed by atoms with Crippen LogP contribution in [0.1, 0.15) is 69.2 Å². The summed E-state index contributed by atoms with van der Waals surface area (Å²) in [5.74, 6) is 0.764. The lowest BCUT2D eigenvalue weighted by atomic mass is 9.97. The van der Waals surface area contributed by atoms with E-state index in [0.717, 1.165) is 45.1 Å². The fraction of sp³-hybridized carbons (Fsp3) is 0.684. The molecule has 6 nitrogen and oxygen atoms in total. The van der Waals surface area contributed by atoms with Gasteiger partial charge in [0, 0.05) is 37.9 Å². The molecule has 2 heterocycles. The molecule has 138 valence electrons. The number of carbonyl (C=O) groups excluding carboxylic acids is 2. The molecular formula is C19H30N4O2. The zero-order valence-corrected chi connectivity index (χ0v) is 15.4. The summed E-state index contributed by atoms with van der Waals surface area (Å²) < 4.78 is 0. The van der Waals surface area contributed by atoms with E-state index in [9.17, 15) is 9.59 Å². The van der Waals surface area contributed by atoms with Crippen LogP contribution in [-0.2, 0) is 4.79 Å². The fourth-order valence-corrected chi connectivity index (χ4v) is 3.50. The molecule has 1 atom stereocenters. The lowest BCUT2D eigenvalue weighted by Gasteiger charge is -2.25. The highest BCUT2D eigenvalue weighted by Gasteiger charge is 2.28. The minimum absolute atomic E-state index is 0.162. The average Bonchev–Trinajstić information content (AvgIpc) is 3.11. The molecule has 1 saturated heterocycles. The normalized spacial score (nSPS) is 17.1. The molecule has 25 heavy (non-hydrogen) atoms. The van der Waals surface area contributed by atoms with Gasteiger partial charge in [-0.2, -0.15) is 0 Å². The maximum absolute atomic E-state index is 12.5. The number of nitrogens with one attached hydrogen (secondary N) is 1. The van der Waals surface area contributed by atoms with Gasteiger partial charge in [-0.05, 0) is 31.6 Å². The molecule has 1 aliphatic heterocycles. The highest BCUT2D eigenvalue weighted by atomic mass is 16.2. The minimum atomic E-state index is -0.162. The molecular weight excluding hydrogens is 316 g/mol. The van der Waals surface area contributed by atoms with Gasteiger partial charge in [0.2, 0.25) is 5.91 Å². The van der Waals surface area contributed by atoms with Gasteiger partial charge in [-0.15, -0.1) is 0 Å². The number of rotatable bonds is 9. The molecule has 1 N–H and O–H groups in total. The average molecular weight is 346 g/mol. The van der Waals surface area contributed by atoms with Crippen LogP contribution < -0.4 is 5.32 Å². The zero-order chi connectivity index (χ0) is 18.1. The van der Waals surface area contributed by atoms with E-state index in [1.165, 1.54) is 18.7 Å². The van der Waals surface area contributed by atoms with Crippen LogP contribution in [0.4, 0.5) is 0 Å². The number of hydrogen-bond acceptors (Lipinski definition) is 4. The number of likely N-dealkylation sites (tertiary alicyclic amines) is 1. The Labute approximate surface area is 150 Å². The molecule has 0 radical (unpaired) electrons. The number of hydrogen-bond donors (Lipinski definition) is 1. The predicted molar refractivity (Wildman–Crippen MR) is 97.0 cm³/mol. The SMILES string of the molecule is CCC(CC)CCC(=O)N1CCC[C@@H]1CCNC(=O)c1cncnc1. The lowest BCUT2D eigenvalue weighted by Crippen LogP contribution is -2.38. The third-order valence-corrected chi connectivity index (χ3v) is 5.20. The molecule has 0 aliphatic carbocycles. The standard InChI is InChI=1S/C19H30N4O2/c1-3-15(4-2)7-8-18(24)23-11-5-6-17(23)9-10-22-19(25)16-12-20-14-21-13-16/h12-15,17H,3-11H2,1-2H3,(H,22,25)/t17-/m1/s1. The quantitative estimate of drug-likeness (QED) is 0.746. The van der Waals surface area contributed by atoms with Crippen molar-refractivity contribution in [3.8, 4) is 0 Å². The monoisotopic (exact) mass is 346 g/mol. The summed E-state index contributed by atoms with van der Waals surface area (Å²) >= 11 is 0. The molecule has 0 bridgehead atoms. The lowest BCUT2D eigenvalue weighted by molar-refractivity contribution is -0.132. The predicted octanol–water partition coefficient (Wildman–Crippen LogP) is 2.80. The van der Waals surface area contributed by atoms with Gasteiger partial charge in [-0.25, -0.2) is 9.97 Å². The Kier molecular flexibility index (Phi) is 7.82. The summed E-state index contributed by atoms with van der Waals surface area (Å²) in [7, 11) is 0. The van der Waals surface area contributed by atoms with Crippen molar-refractivity contribution in [2.45, 2.75) is 64.8 Å². The van der Waals surface area contributed by atoms with Gasteiger partial charge in [-0.3, -0.25) is 9.59 Å². The van der Waals surface area contributed by atoms with Crippen molar-refractivity contribution in [1.82, 2.24) is 20.2 Å². The van der Waals surface area contributed by atoms with E-state index in [0.29, 0.717) is 24.4 Å². The van der Waals surface area contributed by atoms with Crippen LogP contribution >= 0.6 is 0 Å². The van der Waals surface area contributed by atoms with Gasteiger partial charge in [-0.1, -0.05) is 26.7 Å². The van der Waals surface area contributed by atoms with Crippen molar-refractivity contribution in [1.29, 1.82) is 0 Å². The Hall–Kier alpha value is -1.98. The first-order chi connectivity index (χ1) is 12.2. The van der Waals surface area contributed by atoms with Gasteiger partial charge >= 0.3 is 0 Å². The van der Waals surface area contributed by atoms with Gasteiger partial charge in [0.25, 0.3) is 5.91 Å². The van der Waals surface area contributed by atoms with Crippen molar-refractivity contribution in [3.63, 3.8) is 0 Å². The molecule has 0 saturated carbocycles. The van der Waals surface area contributed by atoms with Crippen LogP contribution in [0.15, 0.2) is 18.7 Å². The van der Waals surface area contributed by atoms with Gasteiger partial charge < -0.3 is 10.2 Å². The Morgan fingerprint density at radius 1 is 1.28 bits per heavy atom. The molecule has 0 spiro atoms.